The zero-order valence-corrected chi connectivity index (χ0v) is 16.7. The number of carbonyl (C=O) groups excluding carboxylic acids is 1. The first-order valence-electron chi connectivity index (χ1n) is 9.60. The summed E-state index contributed by atoms with van der Waals surface area (Å²) in [5.74, 6) is 0.680. The van der Waals surface area contributed by atoms with E-state index in [4.69, 9.17) is 5.73 Å². The smallest absolute Gasteiger partial charge is 0.249 e. The van der Waals surface area contributed by atoms with Crippen molar-refractivity contribution in [3.8, 4) is 5.95 Å². The number of rotatable bonds is 6. The number of anilines is 1. The van der Waals surface area contributed by atoms with Crippen molar-refractivity contribution in [3.63, 3.8) is 0 Å². The van der Waals surface area contributed by atoms with Crippen molar-refractivity contribution in [3.05, 3.63) is 77.0 Å². The van der Waals surface area contributed by atoms with Gasteiger partial charge in [-0.2, -0.15) is 15.0 Å². The number of hydrogen-bond donors (Lipinski definition) is 2. The van der Waals surface area contributed by atoms with Crippen LogP contribution in [0.25, 0.3) is 16.9 Å². The van der Waals surface area contributed by atoms with Crippen molar-refractivity contribution in [1.29, 1.82) is 0 Å². The van der Waals surface area contributed by atoms with Crippen molar-refractivity contribution in [2.24, 2.45) is 5.73 Å². The SMILES string of the molecule is CCc1nc(NCc2cccc(F)c2)nc(-n2c(C)cc3c(C(N)=O)cccc32)n1. The Labute approximate surface area is 172 Å². The average Bonchev–Trinajstić information content (AvgIpc) is 3.07. The third-order valence-electron chi connectivity index (χ3n) is 4.82. The summed E-state index contributed by atoms with van der Waals surface area (Å²) in [4.78, 5) is 25.4. The van der Waals surface area contributed by atoms with Crippen LogP contribution < -0.4 is 11.1 Å². The highest BCUT2D eigenvalue weighted by Crippen LogP contribution is 2.26. The first kappa shape index (κ1) is 19.5. The summed E-state index contributed by atoms with van der Waals surface area (Å²) in [7, 11) is 0. The Hall–Kier alpha value is -3.81. The fourth-order valence-corrected chi connectivity index (χ4v) is 3.42. The number of amides is 1. The van der Waals surface area contributed by atoms with Gasteiger partial charge in [-0.3, -0.25) is 9.36 Å². The average molecular weight is 404 g/mol. The molecule has 0 bridgehead atoms. The van der Waals surface area contributed by atoms with Crippen molar-refractivity contribution in [2.75, 3.05) is 5.32 Å². The lowest BCUT2D eigenvalue weighted by Gasteiger charge is -2.11. The van der Waals surface area contributed by atoms with Crippen LogP contribution in [0, 0.1) is 12.7 Å². The molecule has 0 aliphatic heterocycles. The molecule has 0 fully saturated rings. The molecule has 7 nitrogen and oxygen atoms in total. The molecule has 0 spiro atoms. The predicted molar refractivity (Wildman–Crippen MR) is 113 cm³/mol. The quantitative estimate of drug-likeness (QED) is 0.512. The van der Waals surface area contributed by atoms with Gasteiger partial charge in [0, 0.05) is 29.6 Å². The van der Waals surface area contributed by atoms with Gasteiger partial charge in [-0.15, -0.1) is 0 Å². The predicted octanol–water partition coefficient (Wildman–Crippen LogP) is 3.54. The van der Waals surface area contributed by atoms with E-state index < -0.39 is 5.91 Å². The zero-order chi connectivity index (χ0) is 21.3. The Kier molecular flexibility index (Phi) is 5.14. The van der Waals surface area contributed by atoms with E-state index in [0.717, 1.165) is 22.2 Å². The second-order valence-electron chi connectivity index (χ2n) is 6.94. The van der Waals surface area contributed by atoms with Gasteiger partial charge >= 0.3 is 0 Å². The van der Waals surface area contributed by atoms with Crippen LogP contribution in [-0.2, 0) is 13.0 Å². The van der Waals surface area contributed by atoms with Crippen LogP contribution in [0.3, 0.4) is 0 Å². The van der Waals surface area contributed by atoms with Gasteiger partial charge in [-0.1, -0.05) is 25.1 Å². The Morgan fingerprint density at radius 3 is 2.67 bits per heavy atom. The maximum Gasteiger partial charge on any atom is 0.249 e. The Morgan fingerprint density at radius 1 is 1.13 bits per heavy atom. The third kappa shape index (κ3) is 3.71. The zero-order valence-electron chi connectivity index (χ0n) is 16.7. The van der Waals surface area contributed by atoms with E-state index in [-0.39, 0.29) is 5.82 Å². The molecule has 0 saturated heterocycles. The molecule has 30 heavy (non-hydrogen) atoms. The van der Waals surface area contributed by atoms with Crippen molar-refractivity contribution in [2.45, 2.75) is 26.8 Å². The van der Waals surface area contributed by atoms with E-state index >= 15 is 0 Å². The largest absolute Gasteiger partial charge is 0.366 e. The molecule has 2 aromatic carbocycles. The molecule has 2 heterocycles. The van der Waals surface area contributed by atoms with Crippen LogP contribution in [0.15, 0.2) is 48.5 Å². The fourth-order valence-electron chi connectivity index (χ4n) is 3.42. The number of benzene rings is 2. The second-order valence-corrected chi connectivity index (χ2v) is 6.94. The number of halogens is 1. The van der Waals surface area contributed by atoms with Crippen molar-refractivity contribution < 1.29 is 9.18 Å². The van der Waals surface area contributed by atoms with Gasteiger partial charge in [0.05, 0.1) is 5.52 Å². The maximum absolute atomic E-state index is 13.4. The monoisotopic (exact) mass is 404 g/mol. The summed E-state index contributed by atoms with van der Waals surface area (Å²) in [5.41, 5.74) is 8.41. The summed E-state index contributed by atoms with van der Waals surface area (Å²) >= 11 is 0. The summed E-state index contributed by atoms with van der Waals surface area (Å²) in [5, 5.41) is 3.89. The maximum atomic E-state index is 13.4. The molecular weight excluding hydrogens is 383 g/mol. The number of carbonyl (C=O) groups is 1. The minimum absolute atomic E-state index is 0.292. The summed E-state index contributed by atoms with van der Waals surface area (Å²) in [6, 6.07) is 13.6. The number of hydrogen-bond acceptors (Lipinski definition) is 5. The molecule has 3 N–H and O–H groups in total. The lowest BCUT2D eigenvalue weighted by atomic mass is 10.1. The van der Waals surface area contributed by atoms with E-state index in [1.807, 2.05) is 36.6 Å². The minimum atomic E-state index is -0.486. The van der Waals surface area contributed by atoms with E-state index in [1.54, 1.807) is 18.2 Å². The van der Waals surface area contributed by atoms with Crippen LogP contribution in [-0.4, -0.2) is 25.4 Å². The Balaban J connectivity index is 1.76. The number of aromatic nitrogens is 4. The molecule has 0 aliphatic rings. The number of aryl methyl sites for hydroxylation is 2. The van der Waals surface area contributed by atoms with Crippen LogP contribution in [0.5, 0.6) is 0 Å². The van der Waals surface area contributed by atoms with Gasteiger partial charge < -0.3 is 11.1 Å². The second kappa shape index (κ2) is 7.90. The van der Waals surface area contributed by atoms with Crippen molar-refractivity contribution >= 4 is 22.8 Å². The minimum Gasteiger partial charge on any atom is -0.366 e. The van der Waals surface area contributed by atoms with Gasteiger partial charge in [-0.25, -0.2) is 4.39 Å². The van der Waals surface area contributed by atoms with Gasteiger partial charge in [0.2, 0.25) is 17.8 Å². The van der Waals surface area contributed by atoms with Gasteiger partial charge in [0.1, 0.15) is 11.6 Å². The molecule has 0 atom stereocenters. The van der Waals surface area contributed by atoms with E-state index in [9.17, 15) is 9.18 Å². The van der Waals surface area contributed by atoms with Crippen molar-refractivity contribution in [1.82, 2.24) is 19.5 Å². The molecule has 4 aromatic rings. The fraction of sp³-hybridized carbons (Fsp3) is 0.182. The lowest BCUT2D eigenvalue weighted by Crippen LogP contribution is -2.12. The van der Waals surface area contributed by atoms with E-state index in [2.05, 4.69) is 20.3 Å². The molecule has 0 radical (unpaired) electrons. The topological polar surface area (TPSA) is 98.7 Å². The molecule has 1 amide bonds. The molecule has 8 heteroatoms. The summed E-state index contributed by atoms with van der Waals surface area (Å²) in [6.45, 7) is 4.25. The normalized spacial score (nSPS) is 11.0. The highest BCUT2D eigenvalue weighted by atomic mass is 19.1. The number of primary amides is 1. The van der Waals surface area contributed by atoms with Gasteiger partial charge in [0.25, 0.3) is 0 Å². The number of fused-ring (bicyclic) bond motifs is 1. The third-order valence-corrected chi connectivity index (χ3v) is 4.82. The molecule has 0 unspecified atom stereocenters. The highest BCUT2D eigenvalue weighted by molar-refractivity contribution is 6.06. The van der Waals surface area contributed by atoms with Crippen LogP contribution >= 0.6 is 0 Å². The summed E-state index contributed by atoms with van der Waals surface area (Å²) in [6.07, 6.45) is 0.620. The standard InChI is InChI=1S/C22H21FN6O/c1-3-19-26-21(25-12-14-6-4-7-15(23)11-14)28-22(27-19)29-13(2)10-17-16(20(24)30)8-5-9-18(17)29/h4-11H,3,12H2,1-2H3,(H2,24,30)(H,25,26,27,28). The van der Waals surface area contributed by atoms with Gasteiger partial charge in [-0.05, 0) is 42.8 Å². The van der Waals surface area contributed by atoms with Crippen LogP contribution in [0.4, 0.5) is 10.3 Å². The van der Waals surface area contributed by atoms with E-state index in [0.29, 0.717) is 36.3 Å². The van der Waals surface area contributed by atoms with Crippen LogP contribution in [0.1, 0.15) is 34.4 Å². The number of nitrogens with zero attached hydrogens (tertiary/aromatic N) is 4. The van der Waals surface area contributed by atoms with Crippen LogP contribution in [0.2, 0.25) is 0 Å². The Morgan fingerprint density at radius 2 is 1.93 bits per heavy atom. The molecule has 0 aliphatic carbocycles. The van der Waals surface area contributed by atoms with E-state index in [1.165, 1.54) is 12.1 Å². The molecule has 4 rings (SSSR count). The summed E-state index contributed by atoms with van der Waals surface area (Å²) < 4.78 is 15.3. The lowest BCUT2D eigenvalue weighted by molar-refractivity contribution is 0.100. The molecule has 152 valence electrons. The molecule has 0 saturated carbocycles. The first-order chi connectivity index (χ1) is 14.5. The highest BCUT2D eigenvalue weighted by Gasteiger charge is 2.16. The van der Waals surface area contributed by atoms with Gasteiger partial charge in [0.15, 0.2) is 0 Å². The molecule has 2 aromatic heterocycles. The molecular formula is C22H21FN6O. The number of nitrogens with two attached hydrogens (primary N) is 1. The first-order valence-corrected chi connectivity index (χ1v) is 9.60. The number of nitrogens with one attached hydrogen (secondary N) is 1. The Bertz CT molecular complexity index is 1250.